The predicted octanol–water partition coefficient (Wildman–Crippen LogP) is 4.73. The van der Waals surface area contributed by atoms with Crippen LogP contribution in [0.25, 0.3) is 0 Å². The minimum Gasteiger partial charge on any atom is -0.462 e. The number of carbonyl (C=O) groups excluding carboxylic acids is 2. The van der Waals surface area contributed by atoms with Crippen LogP contribution in [0.4, 0.5) is 0 Å². The van der Waals surface area contributed by atoms with Crippen LogP contribution in [-0.4, -0.2) is 35.4 Å². The second-order valence-corrected chi connectivity index (χ2v) is 10.8. The van der Waals surface area contributed by atoms with Gasteiger partial charge in [0.05, 0.1) is 17.9 Å². The number of ether oxygens (including phenoxy) is 2. The highest BCUT2D eigenvalue weighted by Crippen LogP contribution is 2.46. The Kier molecular flexibility index (Phi) is 6.62. The van der Waals surface area contributed by atoms with E-state index in [1.165, 1.54) is 5.57 Å². The maximum Gasteiger partial charge on any atom is 0.312 e. The number of fused-ring (bicyclic) bond motifs is 1. The first kappa shape index (κ1) is 22.6. The molecule has 1 aliphatic heterocycles. The van der Waals surface area contributed by atoms with E-state index in [-0.39, 0.29) is 41.9 Å². The standard InChI is InChI=1S/C26H38O5/c1-16-12-18-7-6-17(2)21(9-8-20-14-19(27)15-23(28)30-20)24(18)22(13-16)31-25(29)26(3)10-4-5-11-26/h6-7,12,16-17,19-22,24,27H,4-5,8-11,13-15H2,1-3H3/t16-,17-,19+,20+,21-,22-,24-/m0/s1. The largest absolute Gasteiger partial charge is 0.462 e. The van der Waals surface area contributed by atoms with Crippen LogP contribution in [0.2, 0.25) is 0 Å². The first-order chi connectivity index (χ1) is 14.7. The number of allylic oxidation sites excluding steroid dienone is 3. The van der Waals surface area contributed by atoms with Gasteiger partial charge in [0.1, 0.15) is 12.2 Å². The fourth-order valence-electron chi connectivity index (χ4n) is 6.28. The Hall–Kier alpha value is -1.62. The first-order valence-electron chi connectivity index (χ1n) is 12.2. The SMILES string of the molecule is C[C@H]1C=C2C=C[C@H](C)[C@H](CC[C@@H]3C[C@@H](O)CC(=O)O3)[C@H]2[C@@H](OC(=O)C2(C)CCCC2)C1. The Morgan fingerprint density at radius 1 is 1.23 bits per heavy atom. The molecule has 3 aliphatic carbocycles. The van der Waals surface area contributed by atoms with Crippen LogP contribution in [0.5, 0.6) is 0 Å². The molecular weight excluding hydrogens is 392 g/mol. The summed E-state index contributed by atoms with van der Waals surface area (Å²) in [6, 6.07) is 0. The summed E-state index contributed by atoms with van der Waals surface area (Å²) in [6.45, 7) is 6.49. The molecule has 0 amide bonds. The highest BCUT2D eigenvalue weighted by Gasteiger charge is 2.45. The van der Waals surface area contributed by atoms with Crippen molar-refractivity contribution in [3.8, 4) is 0 Å². The molecule has 0 radical (unpaired) electrons. The van der Waals surface area contributed by atoms with Gasteiger partial charge < -0.3 is 14.6 Å². The Labute approximate surface area is 186 Å². The molecule has 1 saturated carbocycles. The number of esters is 2. The molecule has 0 spiro atoms. The van der Waals surface area contributed by atoms with Gasteiger partial charge in [-0.3, -0.25) is 9.59 Å². The summed E-state index contributed by atoms with van der Waals surface area (Å²) in [4.78, 5) is 24.9. The Bertz CT molecular complexity index is 747. The van der Waals surface area contributed by atoms with Gasteiger partial charge in [0, 0.05) is 12.3 Å². The van der Waals surface area contributed by atoms with Crippen LogP contribution in [0.1, 0.15) is 78.6 Å². The van der Waals surface area contributed by atoms with Gasteiger partial charge in [-0.25, -0.2) is 0 Å². The zero-order valence-electron chi connectivity index (χ0n) is 19.2. The van der Waals surface area contributed by atoms with Crippen molar-refractivity contribution in [2.75, 3.05) is 0 Å². The third-order valence-electron chi connectivity index (χ3n) is 8.11. The zero-order valence-corrected chi connectivity index (χ0v) is 19.2. The Morgan fingerprint density at radius 3 is 2.68 bits per heavy atom. The van der Waals surface area contributed by atoms with Crippen LogP contribution in [0.3, 0.4) is 0 Å². The van der Waals surface area contributed by atoms with E-state index >= 15 is 0 Å². The van der Waals surface area contributed by atoms with E-state index in [0.717, 1.165) is 44.9 Å². The van der Waals surface area contributed by atoms with Crippen LogP contribution in [0, 0.1) is 29.1 Å². The molecule has 0 aromatic heterocycles. The summed E-state index contributed by atoms with van der Waals surface area (Å²) in [7, 11) is 0. The summed E-state index contributed by atoms with van der Waals surface area (Å²) in [6.07, 6.45) is 13.1. The van der Waals surface area contributed by atoms with Gasteiger partial charge in [-0.2, -0.15) is 0 Å². The lowest BCUT2D eigenvalue weighted by Crippen LogP contribution is -2.43. The molecule has 0 aromatic carbocycles. The Morgan fingerprint density at radius 2 is 1.97 bits per heavy atom. The van der Waals surface area contributed by atoms with Gasteiger partial charge in [0.2, 0.25) is 0 Å². The summed E-state index contributed by atoms with van der Waals surface area (Å²) in [5.41, 5.74) is 0.958. The lowest BCUT2D eigenvalue weighted by molar-refractivity contribution is -0.166. The molecule has 5 nitrogen and oxygen atoms in total. The number of carbonyl (C=O) groups is 2. The number of hydrogen-bond acceptors (Lipinski definition) is 5. The van der Waals surface area contributed by atoms with Crippen LogP contribution in [0.15, 0.2) is 23.8 Å². The van der Waals surface area contributed by atoms with Crippen molar-refractivity contribution in [3.63, 3.8) is 0 Å². The second kappa shape index (κ2) is 9.09. The minimum absolute atomic E-state index is 0.0197. The first-order valence-corrected chi connectivity index (χ1v) is 12.2. The van der Waals surface area contributed by atoms with E-state index < -0.39 is 6.10 Å². The molecule has 4 rings (SSSR count). The fourth-order valence-corrected chi connectivity index (χ4v) is 6.28. The maximum absolute atomic E-state index is 13.1. The van der Waals surface area contributed by atoms with Crippen LogP contribution in [-0.2, 0) is 19.1 Å². The van der Waals surface area contributed by atoms with Crippen molar-refractivity contribution >= 4 is 11.9 Å². The molecule has 0 aromatic rings. The lowest BCUT2D eigenvalue weighted by Gasteiger charge is -2.44. The molecule has 1 saturated heterocycles. The minimum atomic E-state index is -0.596. The average molecular weight is 431 g/mol. The molecule has 5 heteroatoms. The number of rotatable bonds is 5. The molecule has 2 fully saturated rings. The van der Waals surface area contributed by atoms with E-state index in [1.54, 1.807) is 0 Å². The third kappa shape index (κ3) is 4.92. The molecule has 7 atom stereocenters. The highest BCUT2D eigenvalue weighted by molar-refractivity contribution is 5.77. The van der Waals surface area contributed by atoms with Crippen molar-refractivity contribution in [1.82, 2.24) is 0 Å². The average Bonchev–Trinajstić information content (AvgIpc) is 3.14. The van der Waals surface area contributed by atoms with E-state index in [2.05, 4.69) is 39.0 Å². The summed E-state index contributed by atoms with van der Waals surface area (Å²) in [5.74, 6) is 0.944. The monoisotopic (exact) mass is 430 g/mol. The summed E-state index contributed by atoms with van der Waals surface area (Å²) >= 11 is 0. The number of aliphatic hydroxyl groups excluding tert-OH is 1. The fraction of sp³-hybridized carbons (Fsp3) is 0.769. The van der Waals surface area contributed by atoms with Crippen LogP contribution < -0.4 is 0 Å². The number of cyclic esters (lactones) is 1. The second-order valence-electron chi connectivity index (χ2n) is 10.8. The van der Waals surface area contributed by atoms with E-state index in [9.17, 15) is 14.7 Å². The van der Waals surface area contributed by atoms with Crippen molar-refractivity contribution in [3.05, 3.63) is 23.8 Å². The van der Waals surface area contributed by atoms with Gasteiger partial charge in [-0.15, -0.1) is 0 Å². The van der Waals surface area contributed by atoms with Gasteiger partial charge in [-0.05, 0) is 62.4 Å². The smallest absolute Gasteiger partial charge is 0.312 e. The number of hydrogen-bond donors (Lipinski definition) is 1. The summed E-state index contributed by atoms with van der Waals surface area (Å²) in [5, 5.41) is 9.95. The topological polar surface area (TPSA) is 72.8 Å². The molecule has 31 heavy (non-hydrogen) atoms. The molecule has 0 unspecified atom stereocenters. The summed E-state index contributed by atoms with van der Waals surface area (Å²) < 4.78 is 11.8. The predicted molar refractivity (Wildman–Crippen MR) is 118 cm³/mol. The normalized spacial score (nSPS) is 39.4. The van der Waals surface area contributed by atoms with E-state index in [1.807, 2.05) is 0 Å². The van der Waals surface area contributed by atoms with Gasteiger partial charge >= 0.3 is 11.9 Å². The quantitative estimate of drug-likeness (QED) is 0.639. The number of aliphatic hydroxyl groups is 1. The van der Waals surface area contributed by atoms with Gasteiger partial charge in [-0.1, -0.05) is 44.9 Å². The van der Waals surface area contributed by atoms with Crippen molar-refractivity contribution in [2.45, 2.75) is 96.9 Å². The van der Waals surface area contributed by atoms with Crippen LogP contribution >= 0.6 is 0 Å². The molecule has 1 N–H and O–H groups in total. The zero-order chi connectivity index (χ0) is 22.2. The van der Waals surface area contributed by atoms with Crippen molar-refractivity contribution < 1.29 is 24.2 Å². The third-order valence-corrected chi connectivity index (χ3v) is 8.11. The Balaban J connectivity index is 1.49. The van der Waals surface area contributed by atoms with Crippen molar-refractivity contribution in [2.24, 2.45) is 29.1 Å². The van der Waals surface area contributed by atoms with E-state index in [0.29, 0.717) is 24.2 Å². The van der Waals surface area contributed by atoms with E-state index in [4.69, 9.17) is 9.47 Å². The molecule has 1 heterocycles. The van der Waals surface area contributed by atoms with Crippen molar-refractivity contribution in [1.29, 1.82) is 0 Å². The maximum atomic E-state index is 13.1. The molecule has 0 bridgehead atoms. The van der Waals surface area contributed by atoms with Gasteiger partial charge in [0.15, 0.2) is 0 Å². The highest BCUT2D eigenvalue weighted by atomic mass is 16.6. The molecular formula is C26H38O5. The molecule has 4 aliphatic rings. The molecule has 172 valence electrons. The van der Waals surface area contributed by atoms with Gasteiger partial charge in [0.25, 0.3) is 0 Å². The lowest BCUT2D eigenvalue weighted by atomic mass is 9.65.